The van der Waals surface area contributed by atoms with E-state index in [4.69, 9.17) is 0 Å². The van der Waals surface area contributed by atoms with E-state index in [2.05, 4.69) is 60.5 Å². The SMILES string of the molecule is CC1/C=C(c2cnccn2)\C=C/CN/N=C\1c1cc(N2CCCCC2)ncn1. The lowest BCUT2D eigenvalue weighted by Gasteiger charge is -2.27. The molecule has 0 aliphatic carbocycles. The van der Waals surface area contributed by atoms with Crippen molar-refractivity contribution in [3.8, 4) is 0 Å². The van der Waals surface area contributed by atoms with Gasteiger partial charge in [-0.3, -0.25) is 9.97 Å². The molecule has 0 aromatic carbocycles. The summed E-state index contributed by atoms with van der Waals surface area (Å²) < 4.78 is 0. The van der Waals surface area contributed by atoms with E-state index in [9.17, 15) is 0 Å². The van der Waals surface area contributed by atoms with Crippen LogP contribution in [0.4, 0.5) is 5.82 Å². The molecule has 0 saturated carbocycles. The highest BCUT2D eigenvalue weighted by molar-refractivity contribution is 6.02. The molecule has 0 bridgehead atoms. The minimum atomic E-state index is 0.0522. The monoisotopic (exact) mass is 375 g/mol. The summed E-state index contributed by atoms with van der Waals surface area (Å²) in [5, 5.41) is 4.63. The van der Waals surface area contributed by atoms with Crippen molar-refractivity contribution in [2.45, 2.75) is 26.2 Å². The van der Waals surface area contributed by atoms with Crippen LogP contribution in [0.25, 0.3) is 5.57 Å². The van der Waals surface area contributed by atoms with E-state index >= 15 is 0 Å². The zero-order valence-electron chi connectivity index (χ0n) is 16.1. The lowest BCUT2D eigenvalue weighted by molar-refractivity contribution is 0.573. The van der Waals surface area contributed by atoms with E-state index in [0.29, 0.717) is 6.54 Å². The van der Waals surface area contributed by atoms with E-state index in [0.717, 1.165) is 41.6 Å². The van der Waals surface area contributed by atoms with Crippen molar-refractivity contribution in [3.63, 3.8) is 0 Å². The fraction of sp³-hybridized carbons (Fsp3) is 0.381. The summed E-state index contributed by atoms with van der Waals surface area (Å²) in [5.74, 6) is 1.03. The number of rotatable bonds is 3. The summed E-state index contributed by atoms with van der Waals surface area (Å²) in [6.07, 6.45) is 16.8. The topological polar surface area (TPSA) is 79.2 Å². The number of aromatic nitrogens is 4. The molecule has 7 nitrogen and oxygen atoms in total. The molecule has 4 heterocycles. The molecule has 0 amide bonds. The third kappa shape index (κ3) is 4.24. The minimum absolute atomic E-state index is 0.0522. The second-order valence-corrected chi connectivity index (χ2v) is 7.07. The molecule has 2 aliphatic rings. The van der Waals surface area contributed by atoms with E-state index in [1.54, 1.807) is 24.9 Å². The first-order valence-corrected chi connectivity index (χ1v) is 9.84. The number of hydrogen-bond donors (Lipinski definition) is 1. The normalized spacial score (nSPS) is 25.2. The van der Waals surface area contributed by atoms with Crippen LogP contribution in [0.3, 0.4) is 0 Å². The number of allylic oxidation sites excluding steroid dienone is 3. The average molecular weight is 375 g/mol. The number of nitrogens with zero attached hydrogens (tertiary/aromatic N) is 6. The van der Waals surface area contributed by atoms with Gasteiger partial charge in [-0.2, -0.15) is 5.10 Å². The molecular formula is C21H25N7. The molecule has 1 fully saturated rings. The predicted molar refractivity (Wildman–Crippen MR) is 111 cm³/mol. The van der Waals surface area contributed by atoms with Gasteiger partial charge in [0.15, 0.2) is 0 Å². The highest BCUT2D eigenvalue weighted by atomic mass is 15.3. The van der Waals surface area contributed by atoms with Crippen LogP contribution in [-0.2, 0) is 0 Å². The highest BCUT2D eigenvalue weighted by Gasteiger charge is 2.18. The summed E-state index contributed by atoms with van der Waals surface area (Å²) in [7, 11) is 0. The Bertz CT molecular complexity index is 883. The van der Waals surface area contributed by atoms with Crippen LogP contribution in [0.5, 0.6) is 0 Å². The molecule has 2 aromatic heterocycles. The standard InChI is InChI=1S/C21H25N7/c1-16-12-17(19-14-22-8-9-23-19)6-5-7-26-27-21(16)18-13-20(25-15-24-18)28-10-3-2-4-11-28/h5-6,8-9,12-16,26H,2-4,7,10-11H2,1H3/b6-5-,17-12+,27-21+. The van der Waals surface area contributed by atoms with E-state index in [1.807, 2.05) is 6.08 Å². The van der Waals surface area contributed by atoms with Crippen molar-refractivity contribution >= 4 is 17.1 Å². The van der Waals surface area contributed by atoms with Gasteiger partial charge in [-0.05, 0) is 24.8 Å². The van der Waals surface area contributed by atoms with E-state index in [-0.39, 0.29) is 5.92 Å². The highest BCUT2D eigenvalue weighted by Crippen LogP contribution is 2.22. The molecule has 1 atom stereocenters. The Morgan fingerprint density at radius 1 is 1.04 bits per heavy atom. The quantitative estimate of drug-likeness (QED) is 0.889. The van der Waals surface area contributed by atoms with Gasteiger partial charge in [0, 0.05) is 37.5 Å². The summed E-state index contributed by atoms with van der Waals surface area (Å²) in [6, 6.07) is 2.06. The number of piperidine rings is 1. The lowest BCUT2D eigenvalue weighted by atomic mass is 9.98. The molecule has 1 N–H and O–H groups in total. The third-order valence-corrected chi connectivity index (χ3v) is 5.02. The fourth-order valence-corrected chi connectivity index (χ4v) is 3.57. The van der Waals surface area contributed by atoms with Gasteiger partial charge in [-0.15, -0.1) is 0 Å². The van der Waals surface area contributed by atoms with Crippen LogP contribution in [0.2, 0.25) is 0 Å². The van der Waals surface area contributed by atoms with Crippen LogP contribution in [0.1, 0.15) is 37.6 Å². The van der Waals surface area contributed by atoms with Gasteiger partial charge >= 0.3 is 0 Å². The maximum atomic E-state index is 4.63. The molecule has 0 radical (unpaired) electrons. The smallest absolute Gasteiger partial charge is 0.132 e. The van der Waals surface area contributed by atoms with Gasteiger partial charge in [0.25, 0.3) is 0 Å². The minimum Gasteiger partial charge on any atom is -0.357 e. The Kier molecular flexibility index (Phi) is 5.70. The van der Waals surface area contributed by atoms with Crippen molar-refractivity contribution in [3.05, 3.63) is 60.6 Å². The summed E-state index contributed by atoms with van der Waals surface area (Å²) >= 11 is 0. The molecule has 7 heteroatoms. The number of hydrogen-bond acceptors (Lipinski definition) is 7. The van der Waals surface area contributed by atoms with Crippen molar-refractivity contribution in [2.75, 3.05) is 24.5 Å². The van der Waals surface area contributed by atoms with Crippen LogP contribution >= 0.6 is 0 Å². The predicted octanol–water partition coefficient (Wildman–Crippen LogP) is 2.84. The molecule has 0 spiro atoms. The molecule has 1 unspecified atom stereocenters. The van der Waals surface area contributed by atoms with Crippen LogP contribution in [0.15, 0.2) is 54.3 Å². The maximum absolute atomic E-state index is 4.63. The van der Waals surface area contributed by atoms with Gasteiger partial charge in [0.2, 0.25) is 0 Å². The zero-order valence-corrected chi connectivity index (χ0v) is 16.1. The van der Waals surface area contributed by atoms with Crippen molar-refractivity contribution in [1.29, 1.82) is 0 Å². The Morgan fingerprint density at radius 3 is 2.75 bits per heavy atom. The summed E-state index contributed by atoms with van der Waals surface area (Å²) in [6.45, 7) is 4.87. The van der Waals surface area contributed by atoms with Crippen molar-refractivity contribution < 1.29 is 0 Å². The second-order valence-electron chi connectivity index (χ2n) is 7.07. The van der Waals surface area contributed by atoms with Gasteiger partial charge in [-0.1, -0.05) is 25.2 Å². The molecular weight excluding hydrogens is 350 g/mol. The molecule has 2 aliphatic heterocycles. The third-order valence-electron chi connectivity index (χ3n) is 5.02. The first-order chi connectivity index (χ1) is 13.8. The van der Waals surface area contributed by atoms with Crippen molar-refractivity contribution in [2.24, 2.45) is 11.0 Å². The molecule has 144 valence electrons. The van der Waals surface area contributed by atoms with Gasteiger partial charge in [0.1, 0.15) is 12.1 Å². The summed E-state index contributed by atoms with van der Waals surface area (Å²) in [4.78, 5) is 20.0. The van der Waals surface area contributed by atoms with Gasteiger partial charge in [0.05, 0.1) is 29.8 Å². The largest absolute Gasteiger partial charge is 0.357 e. The van der Waals surface area contributed by atoms with Crippen molar-refractivity contribution in [1.82, 2.24) is 25.4 Å². The Balaban J connectivity index is 1.65. The lowest BCUT2D eigenvalue weighted by Crippen LogP contribution is -2.30. The average Bonchev–Trinajstić information content (AvgIpc) is 2.85. The van der Waals surface area contributed by atoms with E-state index in [1.165, 1.54) is 19.3 Å². The molecule has 2 aromatic rings. The number of anilines is 1. The number of nitrogens with one attached hydrogen (secondary N) is 1. The molecule has 4 rings (SSSR count). The molecule has 1 saturated heterocycles. The second kappa shape index (κ2) is 8.73. The maximum Gasteiger partial charge on any atom is 0.132 e. The Morgan fingerprint density at radius 2 is 1.93 bits per heavy atom. The van der Waals surface area contributed by atoms with Crippen LogP contribution in [0, 0.1) is 5.92 Å². The summed E-state index contributed by atoms with van der Waals surface area (Å²) in [5.41, 5.74) is 6.76. The zero-order chi connectivity index (χ0) is 19.2. The first kappa shape index (κ1) is 18.3. The fourth-order valence-electron chi connectivity index (χ4n) is 3.57. The van der Waals surface area contributed by atoms with Crippen LogP contribution < -0.4 is 10.3 Å². The van der Waals surface area contributed by atoms with E-state index < -0.39 is 0 Å². The molecule has 28 heavy (non-hydrogen) atoms. The Labute approximate surface area is 165 Å². The van der Waals surface area contributed by atoms with Crippen LogP contribution in [-0.4, -0.2) is 45.3 Å². The van der Waals surface area contributed by atoms with Gasteiger partial charge in [-0.25, -0.2) is 9.97 Å². The number of hydrazone groups is 1. The Hall–Kier alpha value is -3.09. The van der Waals surface area contributed by atoms with Gasteiger partial charge < -0.3 is 10.3 Å². The first-order valence-electron chi connectivity index (χ1n) is 9.84.